The molecule has 0 bridgehead atoms. The van der Waals surface area contributed by atoms with Gasteiger partial charge in [0.25, 0.3) is 0 Å². The molecule has 2 rings (SSSR count). The predicted molar refractivity (Wildman–Crippen MR) is 76.0 cm³/mol. The molecular weight excluding hydrogens is 262 g/mol. The number of anilines is 1. The molecule has 6 heteroatoms. The lowest BCUT2D eigenvalue weighted by Gasteiger charge is -2.34. The van der Waals surface area contributed by atoms with Gasteiger partial charge < -0.3 is 10.6 Å². The van der Waals surface area contributed by atoms with Crippen molar-refractivity contribution in [2.45, 2.75) is 24.7 Å². The Kier molecular flexibility index (Phi) is 4.10. The molecule has 2 heterocycles. The van der Waals surface area contributed by atoms with Gasteiger partial charge in [0.05, 0.1) is 4.90 Å². The monoisotopic (exact) mass is 283 g/mol. The maximum absolute atomic E-state index is 11.3. The summed E-state index contributed by atoms with van der Waals surface area (Å²) < 4.78 is 22.7. The highest BCUT2D eigenvalue weighted by molar-refractivity contribution is 7.90. The molecule has 19 heavy (non-hydrogen) atoms. The number of hydrogen-bond acceptors (Lipinski definition) is 5. The topological polar surface area (TPSA) is 71.1 Å². The Morgan fingerprint density at radius 2 is 2.26 bits per heavy atom. The van der Waals surface area contributed by atoms with Gasteiger partial charge in [0.1, 0.15) is 5.82 Å². The SMILES string of the molecule is CC1(CNc2ccc(S(C)(=O)=O)cn2)CCCNC1. The fourth-order valence-electron chi connectivity index (χ4n) is 2.28. The van der Waals surface area contributed by atoms with E-state index in [0.717, 1.165) is 25.5 Å². The zero-order valence-electron chi connectivity index (χ0n) is 11.4. The molecule has 1 aromatic heterocycles. The van der Waals surface area contributed by atoms with Crippen LogP contribution in [-0.4, -0.2) is 39.3 Å². The lowest BCUT2D eigenvalue weighted by molar-refractivity contribution is 0.253. The van der Waals surface area contributed by atoms with E-state index in [2.05, 4.69) is 22.5 Å². The Hall–Kier alpha value is -1.14. The second kappa shape index (κ2) is 5.46. The molecule has 5 nitrogen and oxygen atoms in total. The van der Waals surface area contributed by atoms with E-state index < -0.39 is 9.84 Å². The molecule has 1 aromatic rings. The van der Waals surface area contributed by atoms with Gasteiger partial charge in [-0.15, -0.1) is 0 Å². The van der Waals surface area contributed by atoms with Crippen LogP contribution in [0.4, 0.5) is 5.82 Å². The smallest absolute Gasteiger partial charge is 0.177 e. The third-order valence-electron chi connectivity index (χ3n) is 3.55. The average molecular weight is 283 g/mol. The second-order valence-electron chi connectivity index (χ2n) is 5.60. The van der Waals surface area contributed by atoms with E-state index in [4.69, 9.17) is 0 Å². The van der Waals surface area contributed by atoms with Crippen LogP contribution in [0.1, 0.15) is 19.8 Å². The van der Waals surface area contributed by atoms with E-state index in [1.807, 2.05) is 0 Å². The highest BCUT2D eigenvalue weighted by atomic mass is 32.2. The van der Waals surface area contributed by atoms with E-state index >= 15 is 0 Å². The van der Waals surface area contributed by atoms with Crippen LogP contribution >= 0.6 is 0 Å². The number of pyridine rings is 1. The van der Waals surface area contributed by atoms with E-state index in [9.17, 15) is 8.42 Å². The first-order valence-electron chi connectivity index (χ1n) is 6.50. The number of piperidine rings is 1. The summed E-state index contributed by atoms with van der Waals surface area (Å²) in [5.74, 6) is 0.721. The fourth-order valence-corrected chi connectivity index (χ4v) is 2.84. The molecule has 0 saturated carbocycles. The Balaban J connectivity index is 1.96. The Morgan fingerprint density at radius 1 is 1.47 bits per heavy atom. The summed E-state index contributed by atoms with van der Waals surface area (Å²) in [6.45, 7) is 5.18. The lowest BCUT2D eigenvalue weighted by atomic mass is 9.83. The average Bonchev–Trinajstić information content (AvgIpc) is 2.37. The molecule has 1 atom stereocenters. The van der Waals surface area contributed by atoms with Crippen molar-refractivity contribution in [2.24, 2.45) is 5.41 Å². The van der Waals surface area contributed by atoms with Crippen molar-refractivity contribution in [1.29, 1.82) is 0 Å². The van der Waals surface area contributed by atoms with Gasteiger partial charge >= 0.3 is 0 Å². The van der Waals surface area contributed by atoms with Gasteiger partial charge in [-0.25, -0.2) is 13.4 Å². The first-order chi connectivity index (χ1) is 8.89. The summed E-state index contributed by atoms with van der Waals surface area (Å²) in [4.78, 5) is 4.40. The fraction of sp³-hybridized carbons (Fsp3) is 0.615. The normalized spacial score (nSPS) is 24.1. The zero-order chi connectivity index (χ0) is 13.9. The van der Waals surface area contributed by atoms with Crippen molar-refractivity contribution in [3.63, 3.8) is 0 Å². The third-order valence-corrected chi connectivity index (χ3v) is 4.64. The van der Waals surface area contributed by atoms with Gasteiger partial charge in [0.15, 0.2) is 9.84 Å². The molecule has 2 N–H and O–H groups in total. The molecule has 1 aliphatic rings. The van der Waals surface area contributed by atoms with Gasteiger partial charge in [-0.05, 0) is 36.9 Å². The summed E-state index contributed by atoms with van der Waals surface area (Å²) in [7, 11) is -3.17. The van der Waals surface area contributed by atoms with Crippen LogP contribution in [-0.2, 0) is 9.84 Å². The van der Waals surface area contributed by atoms with Crippen molar-refractivity contribution < 1.29 is 8.42 Å². The van der Waals surface area contributed by atoms with Crippen LogP contribution in [0.2, 0.25) is 0 Å². The molecule has 0 radical (unpaired) electrons. The van der Waals surface area contributed by atoms with Crippen molar-refractivity contribution >= 4 is 15.7 Å². The van der Waals surface area contributed by atoms with Crippen LogP contribution < -0.4 is 10.6 Å². The van der Waals surface area contributed by atoms with Crippen LogP contribution in [0, 0.1) is 5.41 Å². The lowest BCUT2D eigenvalue weighted by Crippen LogP contribution is -2.42. The molecule has 0 spiro atoms. The number of nitrogens with one attached hydrogen (secondary N) is 2. The zero-order valence-corrected chi connectivity index (χ0v) is 12.3. The van der Waals surface area contributed by atoms with Gasteiger partial charge in [-0.1, -0.05) is 6.92 Å². The van der Waals surface area contributed by atoms with Crippen LogP contribution in [0.3, 0.4) is 0 Å². The van der Waals surface area contributed by atoms with Crippen molar-refractivity contribution in [3.05, 3.63) is 18.3 Å². The predicted octanol–water partition coefficient (Wildman–Crippen LogP) is 1.29. The van der Waals surface area contributed by atoms with Crippen LogP contribution in [0.25, 0.3) is 0 Å². The Morgan fingerprint density at radius 3 is 2.79 bits per heavy atom. The van der Waals surface area contributed by atoms with Gasteiger partial charge in [-0.3, -0.25) is 0 Å². The molecule has 0 amide bonds. The number of sulfone groups is 1. The van der Waals surface area contributed by atoms with Gasteiger partial charge in [0, 0.05) is 25.5 Å². The Bertz CT molecular complexity index is 519. The molecule has 0 aliphatic carbocycles. The quantitative estimate of drug-likeness (QED) is 0.871. The minimum atomic E-state index is -3.17. The van der Waals surface area contributed by atoms with Crippen molar-refractivity contribution in [3.8, 4) is 0 Å². The summed E-state index contributed by atoms with van der Waals surface area (Å²) in [5.41, 5.74) is 0.232. The number of rotatable bonds is 4. The molecular formula is C13H21N3O2S. The van der Waals surface area contributed by atoms with E-state index in [1.165, 1.54) is 25.3 Å². The molecule has 0 aromatic carbocycles. The molecule has 1 saturated heterocycles. The van der Waals surface area contributed by atoms with E-state index in [1.54, 1.807) is 12.1 Å². The highest BCUT2D eigenvalue weighted by Gasteiger charge is 2.26. The van der Waals surface area contributed by atoms with E-state index in [0.29, 0.717) is 0 Å². The third kappa shape index (κ3) is 3.91. The summed E-state index contributed by atoms with van der Waals surface area (Å²) >= 11 is 0. The molecule has 1 aliphatic heterocycles. The largest absolute Gasteiger partial charge is 0.369 e. The maximum atomic E-state index is 11.3. The highest BCUT2D eigenvalue weighted by Crippen LogP contribution is 2.25. The molecule has 1 fully saturated rings. The summed E-state index contributed by atoms with van der Waals surface area (Å²) in [5, 5.41) is 6.69. The van der Waals surface area contributed by atoms with Gasteiger partial charge in [0.2, 0.25) is 0 Å². The standard InChI is InChI=1S/C13H21N3O2S/c1-13(6-3-7-14-9-13)10-16-12-5-4-11(8-15-12)19(2,17)18/h4-5,8,14H,3,6-7,9-10H2,1-2H3,(H,15,16). The van der Waals surface area contributed by atoms with E-state index in [-0.39, 0.29) is 10.3 Å². The summed E-state index contributed by atoms with van der Waals surface area (Å²) in [6, 6.07) is 3.31. The first kappa shape index (κ1) is 14.3. The number of nitrogens with zero attached hydrogens (tertiary/aromatic N) is 1. The maximum Gasteiger partial charge on any atom is 0.177 e. The van der Waals surface area contributed by atoms with Crippen molar-refractivity contribution in [2.75, 3.05) is 31.2 Å². The van der Waals surface area contributed by atoms with Crippen LogP contribution in [0.15, 0.2) is 23.2 Å². The minimum absolute atomic E-state index is 0.232. The minimum Gasteiger partial charge on any atom is -0.369 e. The van der Waals surface area contributed by atoms with Gasteiger partial charge in [-0.2, -0.15) is 0 Å². The second-order valence-corrected chi connectivity index (χ2v) is 7.61. The first-order valence-corrected chi connectivity index (χ1v) is 8.39. The number of hydrogen-bond donors (Lipinski definition) is 2. The van der Waals surface area contributed by atoms with Crippen molar-refractivity contribution in [1.82, 2.24) is 10.3 Å². The Labute approximate surface area is 114 Å². The summed E-state index contributed by atoms with van der Waals surface area (Å²) in [6.07, 6.45) is 4.97. The molecule has 1 unspecified atom stereocenters. The molecule has 106 valence electrons. The van der Waals surface area contributed by atoms with Crippen LogP contribution in [0.5, 0.6) is 0 Å². The number of aromatic nitrogens is 1.